The standard InChI is InChI=1S/C28H36N6O/c1-6-11-25(26-30-31-32-34(26)28(4,5)7-2)33(18-21-12-9-8-10-13-21)19-23-17-22-16-20(3)14-15-24(22)29-27(23)35/h8-10,12-17,25H,6-7,11,18-19H2,1-5H3,(H,29,35)/t25-/m1/s1. The highest BCUT2D eigenvalue weighted by molar-refractivity contribution is 5.79. The van der Waals surface area contributed by atoms with Gasteiger partial charge in [-0.05, 0) is 73.2 Å². The highest BCUT2D eigenvalue weighted by Crippen LogP contribution is 2.31. The average Bonchev–Trinajstić information content (AvgIpc) is 3.34. The van der Waals surface area contributed by atoms with Crippen molar-refractivity contribution in [3.05, 3.63) is 87.5 Å². The van der Waals surface area contributed by atoms with E-state index in [4.69, 9.17) is 0 Å². The zero-order chi connectivity index (χ0) is 25.0. The summed E-state index contributed by atoms with van der Waals surface area (Å²) >= 11 is 0. The van der Waals surface area contributed by atoms with E-state index in [2.05, 4.69) is 90.4 Å². The quantitative estimate of drug-likeness (QED) is 0.329. The van der Waals surface area contributed by atoms with Crippen molar-refractivity contribution in [2.75, 3.05) is 0 Å². The number of nitrogens with one attached hydrogen (secondary N) is 1. The Bertz CT molecular complexity index is 1320. The van der Waals surface area contributed by atoms with Crippen LogP contribution in [0, 0.1) is 6.92 Å². The van der Waals surface area contributed by atoms with Gasteiger partial charge < -0.3 is 4.98 Å². The van der Waals surface area contributed by atoms with E-state index >= 15 is 0 Å². The molecule has 0 spiro atoms. The van der Waals surface area contributed by atoms with E-state index in [1.807, 2.05) is 28.9 Å². The molecule has 0 aliphatic carbocycles. The van der Waals surface area contributed by atoms with Crippen molar-refractivity contribution in [1.29, 1.82) is 0 Å². The summed E-state index contributed by atoms with van der Waals surface area (Å²) in [6.45, 7) is 11.9. The van der Waals surface area contributed by atoms with Gasteiger partial charge in [-0.2, -0.15) is 0 Å². The molecule has 0 saturated carbocycles. The minimum Gasteiger partial charge on any atom is -0.322 e. The van der Waals surface area contributed by atoms with Crippen molar-refractivity contribution in [1.82, 2.24) is 30.1 Å². The molecule has 7 heteroatoms. The Balaban J connectivity index is 1.79. The van der Waals surface area contributed by atoms with Crippen LogP contribution in [0.4, 0.5) is 0 Å². The number of H-pyrrole nitrogens is 1. The Hall–Kier alpha value is -3.32. The van der Waals surface area contributed by atoms with Gasteiger partial charge in [0.25, 0.3) is 5.56 Å². The summed E-state index contributed by atoms with van der Waals surface area (Å²) in [5.74, 6) is 0.850. The lowest BCUT2D eigenvalue weighted by molar-refractivity contribution is 0.145. The normalized spacial score (nSPS) is 13.0. The molecule has 2 heterocycles. The zero-order valence-electron chi connectivity index (χ0n) is 21.5. The van der Waals surface area contributed by atoms with Gasteiger partial charge in [-0.25, -0.2) is 4.68 Å². The largest absolute Gasteiger partial charge is 0.322 e. The first kappa shape index (κ1) is 24.8. The predicted molar refractivity (Wildman–Crippen MR) is 140 cm³/mol. The van der Waals surface area contributed by atoms with E-state index in [0.29, 0.717) is 13.1 Å². The van der Waals surface area contributed by atoms with Gasteiger partial charge in [0.2, 0.25) is 0 Å². The minimum absolute atomic E-state index is 0.0337. The molecule has 4 rings (SSSR count). The van der Waals surface area contributed by atoms with Crippen LogP contribution >= 0.6 is 0 Å². The SMILES string of the molecule is CCC[C@H](c1nnnn1C(C)(C)CC)N(Cc1ccccc1)Cc1cc2cc(C)ccc2[nH]c1=O. The van der Waals surface area contributed by atoms with Gasteiger partial charge >= 0.3 is 0 Å². The molecule has 7 nitrogen and oxygen atoms in total. The summed E-state index contributed by atoms with van der Waals surface area (Å²) < 4.78 is 1.97. The lowest BCUT2D eigenvalue weighted by Gasteiger charge is -2.33. The van der Waals surface area contributed by atoms with Gasteiger partial charge in [-0.3, -0.25) is 9.69 Å². The predicted octanol–water partition coefficient (Wildman–Crippen LogP) is 5.51. The maximum absolute atomic E-state index is 13.1. The molecule has 1 atom stereocenters. The molecule has 0 aliphatic rings. The summed E-state index contributed by atoms with van der Waals surface area (Å²) in [5, 5.41) is 14.0. The lowest BCUT2D eigenvalue weighted by atomic mass is 10.00. The number of aromatic nitrogens is 5. The number of hydrogen-bond acceptors (Lipinski definition) is 5. The fourth-order valence-electron chi connectivity index (χ4n) is 4.53. The molecule has 4 aromatic rings. The summed E-state index contributed by atoms with van der Waals surface area (Å²) in [6.07, 6.45) is 2.77. The second-order valence-electron chi connectivity index (χ2n) is 10.0. The molecule has 0 fully saturated rings. The first-order valence-corrected chi connectivity index (χ1v) is 12.5. The Labute approximate surface area is 207 Å². The molecule has 0 saturated heterocycles. The molecule has 184 valence electrons. The summed E-state index contributed by atoms with van der Waals surface area (Å²) in [4.78, 5) is 18.5. The molecular formula is C28H36N6O. The molecular weight excluding hydrogens is 436 g/mol. The Kier molecular flexibility index (Phi) is 7.45. The van der Waals surface area contributed by atoms with Crippen molar-refractivity contribution < 1.29 is 0 Å². The van der Waals surface area contributed by atoms with Crippen molar-refractivity contribution in [3.8, 4) is 0 Å². The molecule has 0 unspecified atom stereocenters. The van der Waals surface area contributed by atoms with Crippen LogP contribution in [0.25, 0.3) is 10.9 Å². The lowest BCUT2D eigenvalue weighted by Crippen LogP contribution is -2.36. The van der Waals surface area contributed by atoms with Crippen molar-refractivity contribution in [3.63, 3.8) is 0 Å². The van der Waals surface area contributed by atoms with E-state index in [9.17, 15) is 4.79 Å². The van der Waals surface area contributed by atoms with E-state index in [1.165, 1.54) is 11.1 Å². The maximum Gasteiger partial charge on any atom is 0.252 e. The third-order valence-electron chi connectivity index (χ3n) is 6.91. The number of fused-ring (bicyclic) bond motifs is 1. The third kappa shape index (κ3) is 5.51. The van der Waals surface area contributed by atoms with Crippen LogP contribution in [0.1, 0.15) is 75.5 Å². The van der Waals surface area contributed by atoms with Gasteiger partial charge in [0, 0.05) is 24.2 Å². The van der Waals surface area contributed by atoms with Crippen LogP contribution in [0.5, 0.6) is 0 Å². The topological polar surface area (TPSA) is 79.7 Å². The number of pyridine rings is 1. The highest BCUT2D eigenvalue weighted by Gasteiger charge is 2.31. The molecule has 0 aliphatic heterocycles. The number of hydrogen-bond donors (Lipinski definition) is 1. The Morgan fingerprint density at radius 3 is 2.54 bits per heavy atom. The number of aromatic amines is 1. The molecule has 0 radical (unpaired) electrons. The Morgan fingerprint density at radius 1 is 1.06 bits per heavy atom. The van der Waals surface area contributed by atoms with E-state index in [0.717, 1.165) is 41.6 Å². The smallest absolute Gasteiger partial charge is 0.252 e. The summed E-state index contributed by atoms with van der Waals surface area (Å²) in [5.41, 5.74) is 3.70. The van der Waals surface area contributed by atoms with Crippen molar-refractivity contribution in [2.24, 2.45) is 0 Å². The summed E-state index contributed by atoms with van der Waals surface area (Å²) in [7, 11) is 0. The number of rotatable bonds is 10. The Morgan fingerprint density at radius 2 is 1.83 bits per heavy atom. The fraction of sp³-hybridized carbons (Fsp3) is 0.429. The number of aryl methyl sites for hydroxylation is 1. The zero-order valence-corrected chi connectivity index (χ0v) is 21.5. The highest BCUT2D eigenvalue weighted by atomic mass is 16.1. The van der Waals surface area contributed by atoms with Gasteiger partial charge in [0.1, 0.15) is 0 Å². The maximum atomic E-state index is 13.1. The second-order valence-corrected chi connectivity index (χ2v) is 10.0. The minimum atomic E-state index is -0.207. The third-order valence-corrected chi connectivity index (χ3v) is 6.91. The first-order chi connectivity index (χ1) is 16.8. The van der Waals surface area contributed by atoms with Gasteiger partial charge in [0.15, 0.2) is 5.82 Å². The van der Waals surface area contributed by atoms with E-state index < -0.39 is 0 Å². The van der Waals surface area contributed by atoms with Crippen LogP contribution in [0.15, 0.2) is 59.4 Å². The van der Waals surface area contributed by atoms with Crippen molar-refractivity contribution in [2.45, 2.75) is 78.6 Å². The van der Waals surface area contributed by atoms with Crippen LogP contribution < -0.4 is 5.56 Å². The fourth-order valence-corrected chi connectivity index (χ4v) is 4.53. The number of benzene rings is 2. The average molecular weight is 473 g/mol. The summed E-state index contributed by atoms with van der Waals surface area (Å²) in [6, 6.07) is 18.5. The molecule has 0 amide bonds. The monoisotopic (exact) mass is 472 g/mol. The molecule has 2 aromatic heterocycles. The van der Waals surface area contributed by atoms with Gasteiger partial charge in [0.05, 0.1) is 11.6 Å². The van der Waals surface area contributed by atoms with Crippen LogP contribution in [0.2, 0.25) is 0 Å². The van der Waals surface area contributed by atoms with E-state index in [-0.39, 0.29) is 17.1 Å². The van der Waals surface area contributed by atoms with Crippen LogP contribution in [-0.2, 0) is 18.6 Å². The molecule has 35 heavy (non-hydrogen) atoms. The number of tetrazole rings is 1. The van der Waals surface area contributed by atoms with Crippen LogP contribution in [-0.4, -0.2) is 30.1 Å². The molecule has 0 bridgehead atoms. The van der Waals surface area contributed by atoms with Crippen LogP contribution in [0.3, 0.4) is 0 Å². The van der Waals surface area contributed by atoms with Gasteiger partial charge in [-0.15, -0.1) is 5.10 Å². The van der Waals surface area contributed by atoms with Crippen molar-refractivity contribution >= 4 is 10.9 Å². The van der Waals surface area contributed by atoms with Gasteiger partial charge in [-0.1, -0.05) is 62.2 Å². The molecule has 1 N–H and O–H groups in total. The van der Waals surface area contributed by atoms with E-state index in [1.54, 1.807) is 0 Å². The first-order valence-electron chi connectivity index (χ1n) is 12.5. The second kappa shape index (κ2) is 10.5. The molecule has 2 aromatic carbocycles. The number of nitrogens with zero attached hydrogens (tertiary/aromatic N) is 5.